The van der Waals surface area contributed by atoms with E-state index in [0.717, 1.165) is 0 Å². The Bertz CT molecular complexity index is 934. The van der Waals surface area contributed by atoms with Crippen molar-refractivity contribution in [1.29, 1.82) is 0 Å². The first-order chi connectivity index (χ1) is 15.1. The molecule has 1 saturated heterocycles. The van der Waals surface area contributed by atoms with Crippen molar-refractivity contribution in [3.8, 4) is 0 Å². The fraction of sp³-hybridized carbons (Fsp3) is 0.750. The van der Waals surface area contributed by atoms with E-state index in [2.05, 4.69) is 14.1 Å². The molecule has 0 saturated carbocycles. The number of nitrogens with one attached hydrogen (secondary N) is 1. The van der Waals surface area contributed by atoms with E-state index in [1.807, 2.05) is 0 Å². The van der Waals surface area contributed by atoms with Gasteiger partial charge in [0, 0.05) is 0 Å². The van der Waals surface area contributed by atoms with Crippen LogP contribution in [-0.4, -0.2) is 113 Å². The number of rotatable bonds is 10. The number of carboxylic acid groups (broad SMARTS) is 1. The van der Waals surface area contributed by atoms with Gasteiger partial charge >= 0.3 is 26.7 Å². The number of carboxylic acids is 1. The summed E-state index contributed by atoms with van der Waals surface area (Å²) >= 11 is 0. The molecule has 0 aromatic carbocycles. The van der Waals surface area contributed by atoms with Crippen molar-refractivity contribution in [3.63, 3.8) is 0 Å². The van der Waals surface area contributed by atoms with Gasteiger partial charge in [0.25, 0.3) is 0 Å². The lowest BCUT2D eigenvalue weighted by atomic mass is 9.97. The van der Waals surface area contributed by atoms with E-state index < -0.39 is 88.2 Å². The van der Waals surface area contributed by atoms with Crippen LogP contribution < -0.4 is 4.72 Å². The monoisotopic (exact) mass is 529 g/mol. The average molecular weight is 529 g/mol. The summed E-state index contributed by atoms with van der Waals surface area (Å²) in [7, 11) is -10.2. The molecule has 2 heterocycles. The molecule has 33 heavy (non-hydrogen) atoms. The van der Waals surface area contributed by atoms with Gasteiger partial charge in [-0.05, 0) is 6.08 Å². The van der Waals surface area contributed by atoms with E-state index in [4.69, 9.17) is 33.7 Å². The zero-order valence-electron chi connectivity index (χ0n) is 15.8. The molecule has 0 bridgehead atoms. The van der Waals surface area contributed by atoms with Crippen molar-refractivity contribution in [3.05, 3.63) is 11.8 Å². The molecule has 2 rings (SSSR count). The summed E-state index contributed by atoms with van der Waals surface area (Å²) in [6.45, 7) is -1.17. The molecule has 192 valence electrons. The van der Waals surface area contributed by atoms with Gasteiger partial charge in [0.15, 0.2) is 6.29 Å². The van der Waals surface area contributed by atoms with Crippen molar-refractivity contribution in [2.75, 3.05) is 6.61 Å². The predicted octanol–water partition coefficient (Wildman–Crippen LogP) is -4.49. The van der Waals surface area contributed by atoms with Gasteiger partial charge in [0.2, 0.25) is 12.0 Å². The zero-order valence-corrected chi connectivity index (χ0v) is 17.5. The lowest BCUT2D eigenvalue weighted by molar-refractivity contribution is -0.523. The summed E-state index contributed by atoms with van der Waals surface area (Å²) in [6.07, 6.45) is -13.5. The zero-order chi connectivity index (χ0) is 25.1. The number of carbonyl (C=O) groups is 1. The van der Waals surface area contributed by atoms with Gasteiger partial charge in [-0.1, -0.05) is 5.04 Å². The number of aliphatic hydroxyl groups excluding tert-OH is 3. The number of hydrogen-bond donors (Lipinski definition) is 8. The highest BCUT2D eigenvalue weighted by atomic mass is 32.3. The molecule has 0 aliphatic carbocycles. The molecular formula is C12H19NO18S2. The Hall–Kier alpha value is -1.57. The van der Waals surface area contributed by atoms with Gasteiger partial charge in [-0.3, -0.25) is 9.11 Å². The van der Waals surface area contributed by atoms with Crippen LogP contribution in [0.25, 0.3) is 0 Å². The van der Waals surface area contributed by atoms with E-state index in [9.17, 15) is 36.9 Å². The summed E-state index contributed by atoms with van der Waals surface area (Å²) in [5.41, 5.74) is 0. The molecule has 8 atom stereocenters. The van der Waals surface area contributed by atoms with Crippen LogP contribution in [0.15, 0.2) is 11.8 Å². The standard InChI is InChI=1S/C12H19NO18S2/c14-3-1-4(10(16)17)28-12(7(3)15)29-8-5(2-26-33(23,24)25)27-11(18)6(9(8)30-31-19)13-32(20,21)22/h1,3,5-9,11-15,18-19H,2H2,(H,16,17)(H,20,21,22)(H,23,24,25)/t3-,5?,6?,7?,8+,9+,11+,12-/m0/s1. The van der Waals surface area contributed by atoms with Crippen LogP contribution in [0.2, 0.25) is 0 Å². The minimum Gasteiger partial charge on any atom is -0.475 e. The highest BCUT2D eigenvalue weighted by Gasteiger charge is 2.52. The summed E-state index contributed by atoms with van der Waals surface area (Å²) in [6, 6.07) is -2.06. The molecule has 0 spiro atoms. The van der Waals surface area contributed by atoms with Crippen LogP contribution in [0, 0.1) is 0 Å². The van der Waals surface area contributed by atoms with Crippen LogP contribution in [-0.2, 0) is 53.8 Å². The summed E-state index contributed by atoms with van der Waals surface area (Å²) in [5, 5.41) is 51.1. The van der Waals surface area contributed by atoms with Gasteiger partial charge < -0.3 is 34.6 Å². The molecule has 2 aliphatic rings. The smallest absolute Gasteiger partial charge is 0.397 e. The van der Waals surface area contributed by atoms with Crippen LogP contribution in [0.3, 0.4) is 0 Å². The van der Waals surface area contributed by atoms with Crippen LogP contribution in [0.5, 0.6) is 0 Å². The third-order valence-electron chi connectivity index (χ3n) is 4.18. The molecule has 19 nitrogen and oxygen atoms in total. The van der Waals surface area contributed by atoms with Crippen LogP contribution >= 0.6 is 0 Å². The van der Waals surface area contributed by atoms with E-state index in [-0.39, 0.29) is 0 Å². The van der Waals surface area contributed by atoms with E-state index in [0.29, 0.717) is 6.08 Å². The maximum absolute atomic E-state index is 11.2. The quantitative estimate of drug-likeness (QED) is 0.0751. The van der Waals surface area contributed by atoms with E-state index in [1.54, 1.807) is 0 Å². The van der Waals surface area contributed by atoms with Crippen molar-refractivity contribution in [2.24, 2.45) is 0 Å². The Morgan fingerprint density at radius 1 is 1.12 bits per heavy atom. The largest absolute Gasteiger partial charge is 0.475 e. The topological polar surface area (TPSA) is 294 Å². The molecule has 1 fully saturated rings. The van der Waals surface area contributed by atoms with Crippen molar-refractivity contribution in [1.82, 2.24) is 4.72 Å². The molecule has 0 aromatic rings. The predicted molar refractivity (Wildman–Crippen MR) is 92.9 cm³/mol. The number of aliphatic hydroxyl groups is 3. The first-order valence-corrected chi connectivity index (χ1v) is 11.2. The molecule has 21 heteroatoms. The normalized spacial score (nSPS) is 35.5. The fourth-order valence-electron chi connectivity index (χ4n) is 2.87. The van der Waals surface area contributed by atoms with Crippen molar-refractivity contribution >= 4 is 26.7 Å². The maximum atomic E-state index is 11.2. The first-order valence-electron chi connectivity index (χ1n) is 8.43. The van der Waals surface area contributed by atoms with E-state index in [1.165, 1.54) is 4.72 Å². The Morgan fingerprint density at radius 2 is 1.76 bits per heavy atom. The number of ether oxygens (including phenoxy) is 3. The number of hydrogen-bond acceptors (Lipinski definition) is 15. The van der Waals surface area contributed by atoms with E-state index >= 15 is 0 Å². The van der Waals surface area contributed by atoms with Gasteiger partial charge in [-0.25, -0.2) is 14.2 Å². The molecule has 0 radical (unpaired) electrons. The second-order valence-corrected chi connectivity index (χ2v) is 8.71. The Morgan fingerprint density at radius 3 is 2.27 bits per heavy atom. The molecule has 0 amide bonds. The molecule has 3 unspecified atom stereocenters. The lowest BCUT2D eigenvalue weighted by Crippen LogP contribution is -2.66. The molecular weight excluding hydrogens is 510 g/mol. The third-order valence-corrected chi connectivity index (χ3v) is 5.19. The molecule has 8 N–H and O–H groups in total. The summed E-state index contributed by atoms with van der Waals surface area (Å²) < 4.78 is 82.7. The van der Waals surface area contributed by atoms with Gasteiger partial charge in [0.1, 0.15) is 36.6 Å². The maximum Gasteiger partial charge on any atom is 0.397 e. The second-order valence-electron chi connectivity index (χ2n) is 6.44. The van der Waals surface area contributed by atoms with Crippen LogP contribution in [0.4, 0.5) is 0 Å². The van der Waals surface area contributed by atoms with Crippen LogP contribution in [0.1, 0.15) is 0 Å². The average Bonchev–Trinajstić information content (AvgIpc) is 2.66. The third kappa shape index (κ3) is 7.72. The highest BCUT2D eigenvalue weighted by Crippen LogP contribution is 2.30. The lowest BCUT2D eigenvalue weighted by Gasteiger charge is -2.44. The van der Waals surface area contributed by atoms with Crippen molar-refractivity contribution < 1.29 is 84.7 Å². The summed E-state index contributed by atoms with van der Waals surface area (Å²) in [4.78, 5) is 15.6. The summed E-state index contributed by atoms with van der Waals surface area (Å²) in [5.74, 6) is -2.60. The second kappa shape index (κ2) is 10.8. The molecule has 0 aromatic heterocycles. The first kappa shape index (κ1) is 27.7. The van der Waals surface area contributed by atoms with Gasteiger partial charge in [-0.2, -0.15) is 26.4 Å². The van der Waals surface area contributed by atoms with Gasteiger partial charge in [-0.15, -0.1) is 0 Å². The Kier molecular flexibility index (Phi) is 9.05. The fourth-order valence-corrected chi connectivity index (χ4v) is 3.77. The number of aliphatic carboxylic acids is 1. The minimum absolute atomic E-state index is 0.612. The van der Waals surface area contributed by atoms with Crippen molar-refractivity contribution in [2.45, 2.75) is 49.1 Å². The Labute approximate surface area is 184 Å². The SMILES string of the molecule is O=C(O)C1=C[C@H](O)C(O)[C@H](O[C@@H]2C(COS(=O)(=O)O)O[C@@H](O)C(NS(=O)(=O)O)[C@H]2OOO)O1. The minimum atomic E-state index is -5.11. The molecule has 2 aliphatic heterocycles. The highest BCUT2D eigenvalue weighted by molar-refractivity contribution is 7.83. The van der Waals surface area contributed by atoms with Gasteiger partial charge in [0.05, 0.1) is 6.61 Å². The Balaban J connectivity index is 2.41.